The smallest absolute Gasteiger partial charge is 0.0502 e. The van der Waals surface area contributed by atoms with Crippen LogP contribution in [0.25, 0.3) is 33.4 Å². The molecular formula is C59H50N2. The molecule has 0 unspecified atom stereocenters. The van der Waals surface area contributed by atoms with Gasteiger partial charge in [-0.3, -0.25) is 0 Å². The molecule has 0 spiro atoms. The molecule has 2 nitrogen and oxygen atoms in total. The van der Waals surface area contributed by atoms with Gasteiger partial charge in [-0.05, 0) is 139 Å². The summed E-state index contributed by atoms with van der Waals surface area (Å²) in [4.78, 5) is 4.96. The van der Waals surface area contributed by atoms with Crippen LogP contribution in [0, 0.1) is 0 Å². The SMILES string of the molecule is CC1c2ccccc2N(c2ccc3c(c2)C(C)(C)c2cc(-c4ccc5c(c4)C(C)(C)c4cc(N6c7ccccc7C(C)(C)c7ccccc76)ccc4-5)ccc2-3)c2ccccc21. The van der Waals surface area contributed by atoms with Crippen LogP contribution in [-0.4, -0.2) is 0 Å². The summed E-state index contributed by atoms with van der Waals surface area (Å²) in [6.07, 6.45) is 0. The number of nitrogens with zero attached hydrogens (tertiary/aromatic N) is 2. The van der Waals surface area contributed by atoms with Crippen molar-refractivity contribution in [1.82, 2.24) is 0 Å². The van der Waals surface area contributed by atoms with Crippen LogP contribution < -0.4 is 9.80 Å². The van der Waals surface area contributed by atoms with Gasteiger partial charge in [-0.15, -0.1) is 0 Å². The molecule has 0 N–H and O–H groups in total. The first-order valence-electron chi connectivity index (χ1n) is 22.0. The molecule has 4 aliphatic rings. The van der Waals surface area contributed by atoms with Gasteiger partial charge in [0.2, 0.25) is 0 Å². The molecule has 2 heterocycles. The minimum atomic E-state index is -0.170. The predicted molar refractivity (Wildman–Crippen MR) is 256 cm³/mol. The summed E-state index contributed by atoms with van der Waals surface area (Å²) in [6.45, 7) is 16.7. The van der Waals surface area contributed by atoms with E-state index in [1.165, 1.54) is 112 Å². The third-order valence-electron chi connectivity index (χ3n) is 15.1. The summed E-state index contributed by atoms with van der Waals surface area (Å²) in [6, 6.07) is 64.5. The Morgan fingerprint density at radius 1 is 0.328 bits per heavy atom. The van der Waals surface area contributed by atoms with E-state index in [1.807, 2.05) is 0 Å². The highest BCUT2D eigenvalue weighted by Crippen LogP contribution is 2.57. The van der Waals surface area contributed by atoms with Crippen molar-refractivity contribution in [3.63, 3.8) is 0 Å². The van der Waals surface area contributed by atoms with Gasteiger partial charge in [-0.1, -0.05) is 158 Å². The van der Waals surface area contributed by atoms with Gasteiger partial charge in [0.1, 0.15) is 0 Å². The lowest BCUT2D eigenvalue weighted by molar-refractivity contribution is 0.631. The normalized spacial score (nSPS) is 16.7. The van der Waals surface area contributed by atoms with E-state index in [-0.39, 0.29) is 16.2 Å². The maximum Gasteiger partial charge on any atom is 0.0502 e. The molecule has 8 aromatic carbocycles. The fourth-order valence-corrected chi connectivity index (χ4v) is 11.7. The Morgan fingerprint density at radius 2 is 0.656 bits per heavy atom. The lowest BCUT2D eigenvalue weighted by Gasteiger charge is -2.42. The Bertz CT molecular complexity index is 3060. The molecule has 8 aromatic rings. The van der Waals surface area contributed by atoms with Crippen molar-refractivity contribution in [3.8, 4) is 33.4 Å². The number of para-hydroxylation sites is 4. The first-order chi connectivity index (χ1) is 29.4. The molecule has 0 fully saturated rings. The molecule has 61 heavy (non-hydrogen) atoms. The molecule has 2 aliphatic heterocycles. The third kappa shape index (κ3) is 4.91. The van der Waals surface area contributed by atoms with E-state index in [0.717, 1.165) is 0 Å². The zero-order valence-electron chi connectivity index (χ0n) is 36.1. The summed E-state index contributed by atoms with van der Waals surface area (Å²) < 4.78 is 0. The maximum absolute atomic E-state index is 2.48. The van der Waals surface area contributed by atoms with Gasteiger partial charge in [-0.25, -0.2) is 0 Å². The lowest BCUT2D eigenvalue weighted by atomic mass is 9.73. The van der Waals surface area contributed by atoms with Crippen molar-refractivity contribution in [2.24, 2.45) is 0 Å². The Labute approximate surface area is 360 Å². The van der Waals surface area contributed by atoms with Gasteiger partial charge in [0.15, 0.2) is 0 Å². The Hall–Kier alpha value is -6.64. The van der Waals surface area contributed by atoms with Crippen molar-refractivity contribution < 1.29 is 0 Å². The van der Waals surface area contributed by atoms with Gasteiger partial charge in [-0.2, -0.15) is 0 Å². The summed E-state index contributed by atoms with van der Waals surface area (Å²) >= 11 is 0. The van der Waals surface area contributed by atoms with Crippen molar-refractivity contribution in [2.45, 2.75) is 70.6 Å². The van der Waals surface area contributed by atoms with E-state index in [4.69, 9.17) is 0 Å². The Balaban J connectivity index is 0.902. The number of fused-ring (bicyclic) bond motifs is 10. The Morgan fingerprint density at radius 3 is 1.10 bits per heavy atom. The quantitative estimate of drug-likeness (QED) is 0.176. The number of hydrogen-bond acceptors (Lipinski definition) is 2. The fraction of sp³-hybridized carbons (Fsp3) is 0.186. The highest BCUT2D eigenvalue weighted by atomic mass is 15.2. The van der Waals surface area contributed by atoms with Gasteiger partial charge in [0.25, 0.3) is 0 Å². The van der Waals surface area contributed by atoms with E-state index >= 15 is 0 Å². The largest absolute Gasteiger partial charge is 0.310 e. The summed E-state index contributed by atoms with van der Waals surface area (Å²) in [5.41, 5.74) is 26.0. The molecule has 2 heteroatoms. The van der Waals surface area contributed by atoms with Crippen molar-refractivity contribution in [2.75, 3.05) is 9.80 Å². The fourth-order valence-electron chi connectivity index (χ4n) is 11.7. The van der Waals surface area contributed by atoms with E-state index < -0.39 is 0 Å². The van der Waals surface area contributed by atoms with Crippen molar-refractivity contribution >= 4 is 34.1 Å². The molecule has 0 saturated carbocycles. The number of rotatable bonds is 3. The van der Waals surface area contributed by atoms with Crippen molar-refractivity contribution in [1.29, 1.82) is 0 Å². The van der Waals surface area contributed by atoms with E-state index in [9.17, 15) is 0 Å². The van der Waals surface area contributed by atoms with E-state index in [2.05, 4.69) is 228 Å². The van der Waals surface area contributed by atoms with Gasteiger partial charge >= 0.3 is 0 Å². The number of anilines is 6. The van der Waals surface area contributed by atoms with Gasteiger partial charge in [0, 0.05) is 44.9 Å². The van der Waals surface area contributed by atoms with Crippen molar-refractivity contribution in [3.05, 3.63) is 214 Å². The average Bonchev–Trinajstić information content (AvgIpc) is 3.64. The first-order valence-corrected chi connectivity index (χ1v) is 22.0. The maximum atomic E-state index is 2.48. The summed E-state index contributed by atoms with van der Waals surface area (Å²) in [5, 5.41) is 0. The molecular weight excluding hydrogens is 737 g/mol. The molecule has 2 aliphatic carbocycles. The molecule has 0 saturated heterocycles. The topological polar surface area (TPSA) is 6.48 Å². The Kier molecular flexibility index (Phi) is 7.40. The molecule has 0 amide bonds. The summed E-state index contributed by atoms with van der Waals surface area (Å²) in [5.74, 6) is 0.345. The average molecular weight is 787 g/mol. The van der Waals surface area contributed by atoms with Crippen LogP contribution in [0.15, 0.2) is 170 Å². The van der Waals surface area contributed by atoms with E-state index in [1.54, 1.807) is 0 Å². The monoisotopic (exact) mass is 786 g/mol. The van der Waals surface area contributed by atoms with Crippen LogP contribution in [0.3, 0.4) is 0 Å². The van der Waals surface area contributed by atoms with Crippen LogP contribution >= 0.6 is 0 Å². The minimum absolute atomic E-state index is 0.0866. The number of benzene rings is 8. The predicted octanol–water partition coefficient (Wildman–Crippen LogP) is 16.0. The zero-order valence-corrected chi connectivity index (χ0v) is 36.1. The van der Waals surface area contributed by atoms with Crippen LogP contribution in [0.5, 0.6) is 0 Å². The molecule has 0 bridgehead atoms. The lowest BCUT2D eigenvalue weighted by Crippen LogP contribution is -2.30. The van der Waals surface area contributed by atoms with Gasteiger partial charge < -0.3 is 9.80 Å². The van der Waals surface area contributed by atoms with Crippen LogP contribution in [0.2, 0.25) is 0 Å². The zero-order chi connectivity index (χ0) is 41.6. The first kappa shape index (κ1) is 36.2. The van der Waals surface area contributed by atoms with E-state index in [0.29, 0.717) is 5.92 Å². The second-order valence-electron chi connectivity index (χ2n) is 19.4. The molecule has 0 aromatic heterocycles. The highest BCUT2D eigenvalue weighted by molar-refractivity contribution is 5.92. The van der Waals surface area contributed by atoms with Crippen LogP contribution in [-0.2, 0) is 16.2 Å². The second kappa shape index (κ2) is 12.5. The standard InChI is InChI=1S/C59H50N2/c1-36-41-16-8-12-20-53(41)60(54-21-13-9-17-42(36)54)39-26-30-45-43-28-24-37(32-49(43)58(4,5)51(45)34-39)38-25-29-44-46-31-27-40(35-52(46)59(6,7)50(44)33-38)61-55-22-14-10-18-47(55)57(2,3)48-19-11-15-23-56(48)61/h8-36H,1-7H3. The molecule has 296 valence electrons. The molecule has 0 radical (unpaired) electrons. The second-order valence-corrected chi connectivity index (χ2v) is 19.4. The van der Waals surface area contributed by atoms with Gasteiger partial charge in [0.05, 0.1) is 11.4 Å². The summed E-state index contributed by atoms with van der Waals surface area (Å²) in [7, 11) is 0. The molecule has 0 atom stereocenters. The van der Waals surface area contributed by atoms with Crippen LogP contribution in [0.1, 0.15) is 98.9 Å². The third-order valence-corrected chi connectivity index (χ3v) is 15.1. The highest BCUT2D eigenvalue weighted by Gasteiger charge is 2.41. The van der Waals surface area contributed by atoms with Crippen LogP contribution in [0.4, 0.5) is 34.1 Å². The minimum Gasteiger partial charge on any atom is -0.310 e. The number of hydrogen-bond donors (Lipinski definition) is 0. The molecule has 12 rings (SSSR count).